The second-order valence-corrected chi connectivity index (χ2v) is 6.38. The maximum Gasteiger partial charge on any atom is 0.352 e. The lowest BCUT2D eigenvalue weighted by atomic mass is 10.0. The molecule has 7 heteroatoms. The van der Waals surface area contributed by atoms with Crippen LogP contribution in [-0.2, 0) is 4.79 Å². The Morgan fingerprint density at radius 2 is 1.85 bits per heavy atom. The molecule has 0 saturated carbocycles. The number of tetrazole rings is 1. The number of ether oxygens (including phenoxy) is 2. The molecule has 0 saturated heterocycles. The van der Waals surface area contributed by atoms with Crippen molar-refractivity contribution in [2.45, 2.75) is 39.2 Å². The van der Waals surface area contributed by atoms with Crippen LogP contribution in [0.5, 0.6) is 11.5 Å². The Balaban J connectivity index is 1.69. The van der Waals surface area contributed by atoms with Crippen molar-refractivity contribution >= 4 is 5.97 Å². The first kappa shape index (κ1) is 18.6. The largest absolute Gasteiger partial charge is 0.478 e. The molecule has 27 heavy (non-hydrogen) atoms. The third-order valence-corrected chi connectivity index (χ3v) is 4.11. The summed E-state index contributed by atoms with van der Waals surface area (Å²) in [5, 5.41) is 11.0. The third kappa shape index (κ3) is 4.49. The van der Waals surface area contributed by atoms with Crippen LogP contribution in [0.15, 0.2) is 54.9 Å². The first-order valence-electron chi connectivity index (χ1n) is 8.89. The van der Waals surface area contributed by atoms with E-state index < -0.39 is 12.1 Å². The monoisotopic (exact) mass is 366 g/mol. The Morgan fingerprint density at radius 3 is 2.48 bits per heavy atom. The van der Waals surface area contributed by atoms with E-state index >= 15 is 0 Å². The van der Waals surface area contributed by atoms with Crippen molar-refractivity contribution < 1.29 is 14.3 Å². The molecule has 7 nitrogen and oxygen atoms in total. The van der Waals surface area contributed by atoms with E-state index in [9.17, 15) is 4.79 Å². The van der Waals surface area contributed by atoms with Gasteiger partial charge in [-0.2, -0.15) is 0 Å². The quantitative estimate of drug-likeness (QED) is 0.470. The Morgan fingerprint density at radius 1 is 1.11 bits per heavy atom. The van der Waals surface area contributed by atoms with Crippen LogP contribution < -0.4 is 9.47 Å². The number of hydrogen-bond donors (Lipinski definition) is 0. The molecule has 0 aliphatic carbocycles. The summed E-state index contributed by atoms with van der Waals surface area (Å²) in [7, 11) is 0. The summed E-state index contributed by atoms with van der Waals surface area (Å²) < 4.78 is 13.0. The number of para-hydroxylation sites is 1. The Hall–Kier alpha value is -3.22. The number of hydrogen-bond acceptors (Lipinski definition) is 6. The molecule has 0 spiro atoms. The maximum absolute atomic E-state index is 12.6. The average Bonchev–Trinajstić information content (AvgIpc) is 3.21. The summed E-state index contributed by atoms with van der Waals surface area (Å²) in [4.78, 5) is 12.6. The fourth-order valence-corrected chi connectivity index (χ4v) is 2.64. The number of benzene rings is 2. The number of aromatic nitrogens is 4. The van der Waals surface area contributed by atoms with Crippen LogP contribution in [-0.4, -0.2) is 32.3 Å². The van der Waals surface area contributed by atoms with Crippen molar-refractivity contribution in [1.82, 2.24) is 20.2 Å². The molecule has 3 rings (SSSR count). The van der Waals surface area contributed by atoms with Gasteiger partial charge in [0.2, 0.25) is 0 Å². The van der Waals surface area contributed by atoms with E-state index in [1.807, 2.05) is 31.2 Å². The number of carbonyl (C=O) groups excluding carboxylic acids is 1. The van der Waals surface area contributed by atoms with Gasteiger partial charge in [-0.3, -0.25) is 0 Å². The third-order valence-electron chi connectivity index (χ3n) is 4.11. The minimum absolute atomic E-state index is 0.300. The zero-order chi connectivity index (χ0) is 19.2. The lowest BCUT2D eigenvalue weighted by Crippen LogP contribution is -2.31. The zero-order valence-corrected chi connectivity index (χ0v) is 15.6. The second kappa shape index (κ2) is 8.44. The van der Waals surface area contributed by atoms with E-state index in [-0.39, 0.29) is 0 Å². The summed E-state index contributed by atoms with van der Waals surface area (Å²) in [6, 6.07) is 14.7. The second-order valence-electron chi connectivity index (χ2n) is 6.38. The molecule has 2 aromatic carbocycles. The van der Waals surface area contributed by atoms with Crippen LogP contribution in [0, 0.1) is 0 Å². The fourth-order valence-electron chi connectivity index (χ4n) is 2.64. The van der Waals surface area contributed by atoms with Crippen LogP contribution in [0.25, 0.3) is 5.69 Å². The zero-order valence-electron chi connectivity index (χ0n) is 15.6. The maximum atomic E-state index is 12.6. The number of carbonyl (C=O) groups is 1. The molecule has 0 aliphatic rings. The molecule has 0 bridgehead atoms. The molecule has 140 valence electrons. The van der Waals surface area contributed by atoms with Crippen molar-refractivity contribution in [1.29, 1.82) is 0 Å². The number of rotatable bonds is 7. The Bertz CT molecular complexity index is 877. The van der Waals surface area contributed by atoms with E-state index in [1.54, 1.807) is 24.3 Å². The van der Waals surface area contributed by atoms with Gasteiger partial charge in [-0.05, 0) is 58.7 Å². The van der Waals surface area contributed by atoms with Crippen LogP contribution in [0.3, 0.4) is 0 Å². The van der Waals surface area contributed by atoms with Gasteiger partial charge < -0.3 is 9.47 Å². The van der Waals surface area contributed by atoms with Gasteiger partial charge in [0.15, 0.2) is 6.10 Å². The number of nitrogens with zero attached hydrogens (tertiary/aromatic N) is 4. The molecule has 0 aliphatic heterocycles. The van der Waals surface area contributed by atoms with Gasteiger partial charge in [-0.25, -0.2) is 9.48 Å². The van der Waals surface area contributed by atoms with Crippen LogP contribution >= 0.6 is 0 Å². The summed E-state index contributed by atoms with van der Waals surface area (Å²) in [5.41, 5.74) is 1.84. The van der Waals surface area contributed by atoms with E-state index in [0.717, 1.165) is 11.3 Å². The van der Waals surface area contributed by atoms with Crippen molar-refractivity contribution in [3.8, 4) is 17.2 Å². The first-order valence-corrected chi connectivity index (χ1v) is 8.89. The van der Waals surface area contributed by atoms with Gasteiger partial charge in [-0.15, -0.1) is 5.10 Å². The topological polar surface area (TPSA) is 79.1 Å². The first-order chi connectivity index (χ1) is 13.1. The molecule has 0 N–H and O–H groups in total. The van der Waals surface area contributed by atoms with Gasteiger partial charge in [0.05, 0.1) is 5.69 Å². The molecule has 0 radical (unpaired) electrons. The standard InChI is InChI=1S/C20H22N4O3/c1-4-18(27-19-8-6-5-7-17(19)14(2)3)20(25)26-16-11-9-15(10-12-16)24-13-21-22-23-24/h5-14,18H,4H2,1-3H3. The van der Waals surface area contributed by atoms with Gasteiger partial charge in [0.25, 0.3) is 0 Å². The Kier molecular flexibility index (Phi) is 5.80. The molecule has 1 heterocycles. The summed E-state index contributed by atoms with van der Waals surface area (Å²) in [6.45, 7) is 6.08. The number of esters is 1. The van der Waals surface area contributed by atoms with Crippen LogP contribution in [0.2, 0.25) is 0 Å². The minimum atomic E-state index is -0.677. The van der Waals surface area contributed by atoms with E-state index in [2.05, 4.69) is 29.4 Å². The SMILES string of the molecule is CCC(Oc1ccccc1C(C)C)C(=O)Oc1ccc(-n2cnnn2)cc1. The predicted molar refractivity (Wildman–Crippen MR) is 100 cm³/mol. The van der Waals surface area contributed by atoms with Crippen LogP contribution in [0.4, 0.5) is 0 Å². The van der Waals surface area contributed by atoms with Crippen molar-refractivity contribution in [3.63, 3.8) is 0 Å². The molecule has 0 fully saturated rings. The van der Waals surface area contributed by atoms with E-state index in [0.29, 0.717) is 23.8 Å². The van der Waals surface area contributed by atoms with E-state index in [1.165, 1.54) is 11.0 Å². The van der Waals surface area contributed by atoms with Crippen molar-refractivity contribution in [2.24, 2.45) is 0 Å². The fraction of sp³-hybridized carbons (Fsp3) is 0.300. The summed E-state index contributed by atoms with van der Waals surface area (Å²) in [6.07, 6.45) is 1.33. The van der Waals surface area contributed by atoms with Gasteiger partial charge in [0.1, 0.15) is 17.8 Å². The van der Waals surface area contributed by atoms with Gasteiger partial charge in [-0.1, -0.05) is 39.0 Å². The molecule has 3 aromatic rings. The van der Waals surface area contributed by atoms with Crippen molar-refractivity contribution in [3.05, 3.63) is 60.4 Å². The van der Waals surface area contributed by atoms with E-state index in [4.69, 9.17) is 9.47 Å². The highest BCUT2D eigenvalue weighted by molar-refractivity contribution is 5.77. The van der Waals surface area contributed by atoms with Crippen molar-refractivity contribution in [2.75, 3.05) is 0 Å². The lowest BCUT2D eigenvalue weighted by molar-refractivity contribution is -0.142. The van der Waals surface area contributed by atoms with Gasteiger partial charge in [0, 0.05) is 0 Å². The molecule has 1 aromatic heterocycles. The summed E-state index contributed by atoms with van der Waals surface area (Å²) in [5.74, 6) is 1.03. The molecule has 0 amide bonds. The molecular weight excluding hydrogens is 344 g/mol. The Labute approximate surface area is 157 Å². The average molecular weight is 366 g/mol. The highest BCUT2D eigenvalue weighted by Gasteiger charge is 2.22. The smallest absolute Gasteiger partial charge is 0.352 e. The minimum Gasteiger partial charge on any atom is -0.478 e. The molecular formula is C20H22N4O3. The van der Waals surface area contributed by atoms with Gasteiger partial charge >= 0.3 is 5.97 Å². The predicted octanol–water partition coefficient (Wildman–Crippen LogP) is 3.55. The summed E-state index contributed by atoms with van der Waals surface area (Å²) >= 11 is 0. The van der Waals surface area contributed by atoms with Crippen LogP contribution in [0.1, 0.15) is 38.7 Å². The molecule has 1 unspecified atom stereocenters. The highest BCUT2D eigenvalue weighted by Crippen LogP contribution is 2.27. The molecule has 1 atom stereocenters. The highest BCUT2D eigenvalue weighted by atomic mass is 16.6. The lowest BCUT2D eigenvalue weighted by Gasteiger charge is -2.20. The normalized spacial score (nSPS) is 12.0.